The predicted molar refractivity (Wildman–Crippen MR) is 138 cm³/mol. The molecule has 3 aromatic rings. The number of likely N-dealkylation sites (tertiary alicyclic amines) is 1. The fourth-order valence-electron chi connectivity index (χ4n) is 5.02. The zero-order valence-electron chi connectivity index (χ0n) is 20.2. The van der Waals surface area contributed by atoms with Gasteiger partial charge in [-0.05, 0) is 92.8 Å². The molecule has 0 bridgehead atoms. The average molecular weight is 482 g/mol. The number of pyridine rings is 1. The summed E-state index contributed by atoms with van der Waals surface area (Å²) in [4.78, 5) is 20.2. The predicted octanol–water partition coefficient (Wildman–Crippen LogP) is 5.11. The molecule has 6 nitrogen and oxygen atoms in total. The van der Waals surface area contributed by atoms with Gasteiger partial charge in [0.05, 0.1) is 18.5 Å². The molecule has 1 fully saturated rings. The Bertz CT molecular complexity index is 1100. The van der Waals surface area contributed by atoms with Crippen LogP contribution in [0.2, 0.25) is 0 Å². The molecular formula is C27H35N3O3S. The Morgan fingerprint density at radius 2 is 2.15 bits per heavy atom. The third-order valence-corrected chi connectivity index (χ3v) is 7.98. The molecule has 2 aromatic heterocycles. The molecule has 0 radical (unpaired) electrons. The van der Waals surface area contributed by atoms with Gasteiger partial charge in [0.15, 0.2) is 0 Å². The van der Waals surface area contributed by atoms with Gasteiger partial charge < -0.3 is 19.3 Å². The first-order chi connectivity index (χ1) is 16.5. The number of hydrogen-bond donors (Lipinski definition) is 1. The van der Waals surface area contributed by atoms with E-state index in [4.69, 9.17) is 4.74 Å². The normalized spacial score (nSPS) is 18.9. The quantitative estimate of drug-likeness (QED) is 0.303. The first kappa shape index (κ1) is 24.6. The topological polar surface area (TPSA) is 67.6 Å². The summed E-state index contributed by atoms with van der Waals surface area (Å²) in [5.74, 6) is 1.22. The zero-order valence-corrected chi connectivity index (χ0v) is 21.0. The van der Waals surface area contributed by atoms with Crippen molar-refractivity contribution < 1.29 is 14.6 Å². The molecule has 1 aliphatic rings. The number of rotatable bonds is 11. The lowest BCUT2D eigenvalue weighted by Crippen LogP contribution is -2.44. The van der Waals surface area contributed by atoms with E-state index < -0.39 is 5.97 Å². The molecule has 0 unspecified atom stereocenters. The molecule has 182 valence electrons. The van der Waals surface area contributed by atoms with E-state index in [1.165, 1.54) is 10.5 Å². The smallest absolute Gasteiger partial charge is 0.308 e. The van der Waals surface area contributed by atoms with Crippen molar-refractivity contribution in [2.75, 3.05) is 32.5 Å². The van der Waals surface area contributed by atoms with E-state index in [9.17, 15) is 9.90 Å². The lowest BCUT2D eigenvalue weighted by molar-refractivity contribution is -0.146. The molecule has 7 heteroatoms. The minimum Gasteiger partial charge on any atom is -0.497 e. The fourth-order valence-corrected chi connectivity index (χ4v) is 5.93. The average Bonchev–Trinajstić information content (AvgIpc) is 3.27. The molecule has 4 rings (SSSR count). The molecule has 1 N–H and O–H groups in total. The molecule has 3 heterocycles. The van der Waals surface area contributed by atoms with Gasteiger partial charge in [0, 0.05) is 42.5 Å². The standard InChI is InChI=1S/C27H35N3O3S/c1-29-14-11-23(18-29)34-16-4-13-30-15-10-21(25(19-30)27(31)32)6-3-5-20-9-12-28-26-8-7-22(33-2)17-24(20)26/h7-9,11-12,14,17-18,21,25H,3-6,10,13,15-16,19H2,1-2H3,(H,31,32)/t21-,25+/m1/s1. The van der Waals surface area contributed by atoms with Gasteiger partial charge in [-0.25, -0.2) is 0 Å². The van der Waals surface area contributed by atoms with E-state index >= 15 is 0 Å². The third kappa shape index (κ3) is 6.33. The molecular weight excluding hydrogens is 446 g/mol. The number of benzene rings is 1. The molecule has 1 aromatic carbocycles. The summed E-state index contributed by atoms with van der Waals surface area (Å²) in [5, 5.41) is 11.0. The van der Waals surface area contributed by atoms with Crippen LogP contribution in [0.5, 0.6) is 5.75 Å². The van der Waals surface area contributed by atoms with E-state index in [-0.39, 0.29) is 11.8 Å². The SMILES string of the molecule is COc1ccc2nccc(CCC[C@@H]3CCN(CCCSc4ccn(C)c4)C[C@@H]3C(=O)O)c2c1. The second-order valence-corrected chi connectivity index (χ2v) is 10.4. The number of ether oxygens (including phenoxy) is 1. The number of thioether (sulfide) groups is 1. The van der Waals surface area contributed by atoms with Gasteiger partial charge in [0.2, 0.25) is 0 Å². The minimum absolute atomic E-state index is 0.245. The van der Waals surface area contributed by atoms with E-state index in [0.717, 1.165) is 67.6 Å². The molecule has 0 saturated carbocycles. The summed E-state index contributed by atoms with van der Waals surface area (Å²) in [6, 6.07) is 10.2. The van der Waals surface area contributed by atoms with Crippen molar-refractivity contribution in [3.63, 3.8) is 0 Å². The monoisotopic (exact) mass is 481 g/mol. The largest absolute Gasteiger partial charge is 0.497 e. The summed E-state index contributed by atoms with van der Waals surface area (Å²) in [5.41, 5.74) is 2.23. The van der Waals surface area contributed by atoms with Crippen LogP contribution in [0.15, 0.2) is 53.8 Å². The van der Waals surface area contributed by atoms with Crippen molar-refractivity contribution in [1.29, 1.82) is 0 Å². The van der Waals surface area contributed by atoms with Crippen LogP contribution in [0, 0.1) is 11.8 Å². The van der Waals surface area contributed by atoms with Crippen molar-refractivity contribution in [1.82, 2.24) is 14.5 Å². The van der Waals surface area contributed by atoms with Crippen LogP contribution in [-0.4, -0.2) is 58.0 Å². The lowest BCUT2D eigenvalue weighted by Gasteiger charge is -2.36. The van der Waals surface area contributed by atoms with Gasteiger partial charge in [0.25, 0.3) is 0 Å². The van der Waals surface area contributed by atoms with E-state index in [0.29, 0.717) is 6.54 Å². The van der Waals surface area contributed by atoms with Crippen molar-refractivity contribution in [2.24, 2.45) is 18.9 Å². The molecule has 0 spiro atoms. The van der Waals surface area contributed by atoms with Gasteiger partial charge in [-0.2, -0.15) is 0 Å². The second-order valence-electron chi connectivity index (χ2n) is 9.25. The van der Waals surface area contributed by atoms with Gasteiger partial charge in [-0.15, -0.1) is 11.8 Å². The molecule has 2 atom stereocenters. The second kappa shape index (κ2) is 11.8. The minimum atomic E-state index is -0.646. The summed E-state index contributed by atoms with van der Waals surface area (Å²) in [6.45, 7) is 2.65. The maximum Gasteiger partial charge on any atom is 0.308 e. The Kier molecular flexibility index (Phi) is 8.51. The highest BCUT2D eigenvalue weighted by Crippen LogP contribution is 2.30. The number of carboxylic acid groups (broad SMARTS) is 1. The summed E-state index contributed by atoms with van der Waals surface area (Å²) < 4.78 is 7.45. The Morgan fingerprint density at radius 3 is 2.91 bits per heavy atom. The number of nitrogens with zero attached hydrogens (tertiary/aromatic N) is 3. The first-order valence-electron chi connectivity index (χ1n) is 12.1. The molecule has 1 aliphatic heterocycles. The highest BCUT2D eigenvalue weighted by Gasteiger charge is 2.33. The molecule has 1 saturated heterocycles. The number of hydrogen-bond acceptors (Lipinski definition) is 5. The fraction of sp³-hybridized carbons (Fsp3) is 0.481. The van der Waals surface area contributed by atoms with E-state index in [1.807, 2.05) is 43.2 Å². The van der Waals surface area contributed by atoms with Crippen molar-refractivity contribution in [2.45, 2.75) is 37.0 Å². The van der Waals surface area contributed by atoms with Crippen LogP contribution in [0.1, 0.15) is 31.2 Å². The van der Waals surface area contributed by atoms with Crippen LogP contribution in [0.25, 0.3) is 10.9 Å². The number of carbonyl (C=O) groups is 1. The van der Waals surface area contributed by atoms with Crippen LogP contribution < -0.4 is 4.74 Å². The lowest BCUT2D eigenvalue weighted by atomic mass is 9.81. The summed E-state index contributed by atoms with van der Waals surface area (Å²) >= 11 is 1.87. The molecule has 0 aliphatic carbocycles. The maximum atomic E-state index is 12.1. The van der Waals surface area contributed by atoms with Crippen molar-refractivity contribution >= 4 is 28.6 Å². The van der Waals surface area contributed by atoms with Gasteiger partial charge >= 0.3 is 5.97 Å². The number of aliphatic carboxylic acids is 1. The van der Waals surface area contributed by atoms with Crippen LogP contribution in [0.4, 0.5) is 0 Å². The van der Waals surface area contributed by atoms with Gasteiger partial charge in [-0.1, -0.05) is 0 Å². The van der Waals surface area contributed by atoms with E-state index in [1.54, 1.807) is 7.11 Å². The van der Waals surface area contributed by atoms with Gasteiger partial charge in [0.1, 0.15) is 5.75 Å². The summed E-state index contributed by atoms with van der Waals surface area (Å²) in [7, 11) is 3.72. The Labute approximate surface area is 206 Å². The van der Waals surface area contributed by atoms with E-state index in [2.05, 4.69) is 39.0 Å². The van der Waals surface area contributed by atoms with Crippen LogP contribution >= 0.6 is 11.8 Å². The Morgan fingerprint density at radius 1 is 1.26 bits per heavy atom. The first-order valence-corrected chi connectivity index (χ1v) is 13.1. The Balaban J connectivity index is 1.26. The number of aryl methyl sites for hydroxylation is 2. The number of methoxy groups -OCH3 is 1. The number of piperidine rings is 1. The highest BCUT2D eigenvalue weighted by molar-refractivity contribution is 7.99. The summed E-state index contributed by atoms with van der Waals surface area (Å²) in [6.07, 6.45) is 11.0. The third-order valence-electron chi connectivity index (χ3n) is 6.91. The van der Waals surface area contributed by atoms with Crippen molar-refractivity contribution in [3.8, 4) is 5.75 Å². The molecule has 0 amide bonds. The van der Waals surface area contributed by atoms with Gasteiger partial charge in [-0.3, -0.25) is 9.78 Å². The highest BCUT2D eigenvalue weighted by atomic mass is 32.2. The maximum absolute atomic E-state index is 12.1. The van der Waals surface area contributed by atoms with Crippen molar-refractivity contribution in [3.05, 3.63) is 54.5 Å². The molecule has 34 heavy (non-hydrogen) atoms. The number of aromatic nitrogens is 2. The number of fused-ring (bicyclic) bond motifs is 1. The number of carboxylic acids is 1. The Hall–Kier alpha value is -2.51. The van der Waals surface area contributed by atoms with Crippen LogP contribution in [-0.2, 0) is 18.3 Å². The van der Waals surface area contributed by atoms with Crippen LogP contribution in [0.3, 0.4) is 0 Å². The zero-order chi connectivity index (χ0) is 23.9.